The Labute approximate surface area is 111 Å². The highest BCUT2D eigenvalue weighted by Gasteiger charge is 2.07. The van der Waals surface area contributed by atoms with Gasteiger partial charge in [0, 0.05) is 49.9 Å². The number of nitrogens with one attached hydrogen (secondary N) is 1. The minimum atomic E-state index is 0.441. The first kappa shape index (κ1) is 13.2. The van der Waals surface area contributed by atoms with E-state index in [2.05, 4.69) is 22.2 Å². The molecule has 0 amide bonds. The lowest BCUT2D eigenvalue weighted by atomic mass is 10.2. The summed E-state index contributed by atoms with van der Waals surface area (Å²) in [6.45, 7) is 5.34. The topological polar surface area (TPSA) is 68.8 Å². The van der Waals surface area contributed by atoms with Crippen molar-refractivity contribution < 1.29 is 0 Å². The Hall–Kier alpha value is -1.24. The lowest BCUT2D eigenvalue weighted by Crippen LogP contribution is -2.19. The number of imidazole rings is 1. The summed E-state index contributed by atoms with van der Waals surface area (Å²) in [5.74, 6) is 0.441. The van der Waals surface area contributed by atoms with Crippen molar-refractivity contribution in [2.45, 2.75) is 25.9 Å². The maximum absolute atomic E-state index is 5.49. The molecule has 0 radical (unpaired) electrons. The van der Waals surface area contributed by atoms with Crippen LogP contribution < -0.4 is 11.1 Å². The summed E-state index contributed by atoms with van der Waals surface area (Å²) in [4.78, 5) is 8.64. The van der Waals surface area contributed by atoms with Gasteiger partial charge >= 0.3 is 0 Å². The summed E-state index contributed by atoms with van der Waals surface area (Å²) >= 11 is 1.70. The molecule has 0 saturated heterocycles. The standard InChI is InChI=1S/C12H19N5S/c1-10(12-15-3-5-18-12)6-14-7-11-8-17(4-2-13)9-16-11/h3,5,8-10,14H,2,4,6-7,13H2,1H3. The van der Waals surface area contributed by atoms with Gasteiger partial charge in [-0.05, 0) is 0 Å². The molecule has 2 aromatic rings. The first-order valence-electron chi connectivity index (χ1n) is 6.10. The lowest BCUT2D eigenvalue weighted by Gasteiger charge is -2.08. The van der Waals surface area contributed by atoms with E-state index in [-0.39, 0.29) is 0 Å². The first-order chi connectivity index (χ1) is 8.79. The van der Waals surface area contributed by atoms with Crippen molar-refractivity contribution in [2.75, 3.05) is 13.1 Å². The predicted molar refractivity (Wildman–Crippen MR) is 73.5 cm³/mol. The summed E-state index contributed by atoms with van der Waals surface area (Å²) in [5.41, 5.74) is 6.54. The molecule has 3 N–H and O–H groups in total. The number of aromatic nitrogens is 3. The molecule has 2 aromatic heterocycles. The molecule has 0 aliphatic carbocycles. The van der Waals surface area contributed by atoms with E-state index >= 15 is 0 Å². The third-order valence-electron chi connectivity index (χ3n) is 2.70. The molecule has 18 heavy (non-hydrogen) atoms. The minimum absolute atomic E-state index is 0.441. The second-order valence-electron chi connectivity index (χ2n) is 4.29. The van der Waals surface area contributed by atoms with E-state index in [1.165, 1.54) is 5.01 Å². The Morgan fingerprint density at radius 2 is 2.39 bits per heavy atom. The molecule has 0 saturated carbocycles. The normalized spacial score (nSPS) is 12.8. The molecule has 0 aliphatic heterocycles. The second-order valence-corrected chi connectivity index (χ2v) is 5.22. The molecule has 0 bridgehead atoms. The molecule has 98 valence electrons. The van der Waals surface area contributed by atoms with Crippen molar-refractivity contribution in [3.05, 3.63) is 34.8 Å². The molecule has 6 heteroatoms. The van der Waals surface area contributed by atoms with Crippen LogP contribution in [0.25, 0.3) is 0 Å². The van der Waals surface area contributed by atoms with Crippen molar-refractivity contribution >= 4 is 11.3 Å². The average molecular weight is 265 g/mol. The molecule has 2 heterocycles. The third kappa shape index (κ3) is 3.63. The molecule has 0 aliphatic rings. The zero-order chi connectivity index (χ0) is 12.8. The van der Waals surface area contributed by atoms with E-state index in [9.17, 15) is 0 Å². The lowest BCUT2D eigenvalue weighted by molar-refractivity contribution is 0.606. The molecule has 0 fully saturated rings. The summed E-state index contributed by atoms with van der Waals surface area (Å²) in [6, 6.07) is 0. The minimum Gasteiger partial charge on any atom is -0.336 e. The van der Waals surface area contributed by atoms with Crippen LogP contribution in [0.2, 0.25) is 0 Å². The van der Waals surface area contributed by atoms with Gasteiger partial charge in [0.05, 0.1) is 17.0 Å². The zero-order valence-corrected chi connectivity index (χ0v) is 11.4. The summed E-state index contributed by atoms with van der Waals surface area (Å²) in [6.07, 6.45) is 5.72. The van der Waals surface area contributed by atoms with Gasteiger partial charge in [-0.1, -0.05) is 6.92 Å². The number of rotatable bonds is 7. The third-order valence-corrected chi connectivity index (χ3v) is 3.71. The molecule has 1 unspecified atom stereocenters. The molecule has 2 rings (SSSR count). The molecule has 0 spiro atoms. The van der Waals surface area contributed by atoms with Crippen molar-refractivity contribution in [1.82, 2.24) is 19.9 Å². The number of hydrogen-bond acceptors (Lipinski definition) is 5. The van der Waals surface area contributed by atoms with Crippen molar-refractivity contribution in [1.29, 1.82) is 0 Å². The maximum atomic E-state index is 5.49. The van der Waals surface area contributed by atoms with Crippen molar-refractivity contribution in [2.24, 2.45) is 5.73 Å². The van der Waals surface area contributed by atoms with Crippen LogP contribution in [0, 0.1) is 0 Å². The van der Waals surface area contributed by atoms with E-state index in [0.29, 0.717) is 12.5 Å². The van der Waals surface area contributed by atoms with Gasteiger partial charge in [-0.25, -0.2) is 9.97 Å². The fourth-order valence-electron chi connectivity index (χ4n) is 1.75. The number of thiazole rings is 1. The van der Waals surface area contributed by atoms with Crippen molar-refractivity contribution in [3.63, 3.8) is 0 Å². The highest BCUT2D eigenvalue weighted by molar-refractivity contribution is 7.09. The van der Waals surface area contributed by atoms with Gasteiger partial charge in [0.15, 0.2) is 0 Å². The Balaban J connectivity index is 1.74. The van der Waals surface area contributed by atoms with E-state index in [1.54, 1.807) is 11.3 Å². The Morgan fingerprint density at radius 3 is 3.11 bits per heavy atom. The first-order valence-corrected chi connectivity index (χ1v) is 6.98. The van der Waals surface area contributed by atoms with Crippen LogP contribution >= 0.6 is 11.3 Å². The van der Waals surface area contributed by atoms with E-state index in [1.807, 2.05) is 28.7 Å². The molecular weight excluding hydrogens is 246 g/mol. The second kappa shape index (κ2) is 6.63. The zero-order valence-electron chi connectivity index (χ0n) is 10.5. The van der Waals surface area contributed by atoms with E-state index in [4.69, 9.17) is 5.73 Å². The summed E-state index contributed by atoms with van der Waals surface area (Å²) in [5, 5.41) is 6.60. The van der Waals surface area contributed by atoms with Crippen LogP contribution in [0.4, 0.5) is 0 Å². The van der Waals surface area contributed by atoms with Gasteiger partial charge in [0.25, 0.3) is 0 Å². The van der Waals surface area contributed by atoms with Crippen LogP contribution in [0.3, 0.4) is 0 Å². The van der Waals surface area contributed by atoms with Crippen LogP contribution in [-0.2, 0) is 13.1 Å². The number of hydrogen-bond donors (Lipinski definition) is 2. The summed E-state index contributed by atoms with van der Waals surface area (Å²) in [7, 11) is 0. The SMILES string of the molecule is CC(CNCc1cn(CCN)cn1)c1nccs1. The van der Waals surface area contributed by atoms with Crippen LogP contribution in [0.1, 0.15) is 23.5 Å². The number of nitrogens with zero attached hydrogens (tertiary/aromatic N) is 3. The quantitative estimate of drug-likeness (QED) is 0.789. The van der Waals surface area contributed by atoms with Gasteiger partial charge in [-0.15, -0.1) is 11.3 Å². The smallest absolute Gasteiger partial charge is 0.0965 e. The van der Waals surface area contributed by atoms with Gasteiger partial charge in [-0.3, -0.25) is 0 Å². The predicted octanol–water partition coefficient (Wildman–Crippen LogP) is 1.19. The summed E-state index contributed by atoms with van der Waals surface area (Å²) < 4.78 is 2.02. The monoisotopic (exact) mass is 265 g/mol. The highest BCUT2D eigenvalue weighted by Crippen LogP contribution is 2.16. The Kier molecular flexibility index (Phi) is 4.86. The van der Waals surface area contributed by atoms with Crippen LogP contribution in [-0.4, -0.2) is 27.6 Å². The number of nitrogens with two attached hydrogens (primary N) is 1. The maximum Gasteiger partial charge on any atom is 0.0965 e. The fourth-order valence-corrected chi connectivity index (χ4v) is 2.45. The molecule has 0 aromatic carbocycles. The van der Waals surface area contributed by atoms with E-state index < -0.39 is 0 Å². The highest BCUT2D eigenvalue weighted by atomic mass is 32.1. The average Bonchev–Trinajstić information content (AvgIpc) is 3.00. The van der Waals surface area contributed by atoms with Crippen LogP contribution in [0.15, 0.2) is 24.1 Å². The Morgan fingerprint density at radius 1 is 1.50 bits per heavy atom. The Bertz CT molecular complexity index is 451. The van der Waals surface area contributed by atoms with Gasteiger partial charge < -0.3 is 15.6 Å². The molecule has 1 atom stereocenters. The van der Waals surface area contributed by atoms with Crippen LogP contribution in [0.5, 0.6) is 0 Å². The van der Waals surface area contributed by atoms with Gasteiger partial charge in [0.2, 0.25) is 0 Å². The largest absolute Gasteiger partial charge is 0.336 e. The van der Waals surface area contributed by atoms with Gasteiger partial charge in [0.1, 0.15) is 0 Å². The molecular formula is C12H19N5S. The van der Waals surface area contributed by atoms with E-state index in [0.717, 1.165) is 25.3 Å². The fraction of sp³-hybridized carbons (Fsp3) is 0.500. The van der Waals surface area contributed by atoms with Gasteiger partial charge in [-0.2, -0.15) is 0 Å². The molecule has 5 nitrogen and oxygen atoms in total. The van der Waals surface area contributed by atoms with Crippen molar-refractivity contribution in [3.8, 4) is 0 Å².